The molecule has 0 amide bonds. The number of hydrogen-bond acceptors (Lipinski definition) is 6. The van der Waals surface area contributed by atoms with E-state index in [1.165, 1.54) is 28.8 Å². The third-order valence-electron chi connectivity index (χ3n) is 4.51. The molecule has 0 atom stereocenters. The Kier molecular flexibility index (Phi) is 4.49. The van der Waals surface area contributed by atoms with Gasteiger partial charge in [-0.1, -0.05) is 12.1 Å². The van der Waals surface area contributed by atoms with Gasteiger partial charge in [0.1, 0.15) is 4.90 Å². The number of hydrogen-bond donors (Lipinski definition) is 0. The first-order valence-corrected chi connectivity index (χ1v) is 9.79. The molecule has 0 aliphatic carbocycles. The molecule has 4 rings (SSSR count). The summed E-state index contributed by atoms with van der Waals surface area (Å²) in [6.07, 6.45) is -0.813. The summed E-state index contributed by atoms with van der Waals surface area (Å²) in [5.74, 6) is 0.0446. The van der Waals surface area contributed by atoms with Crippen molar-refractivity contribution in [2.45, 2.75) is 17.7 Å². The monoisotopic (exact) mass is 397 g/mol. The van der Waals surface area contributed by atoms with Crippen LogP contribution >= 0.6 is 0 Å². The van der Waals surface area contributed by atoms with E-state index >= 15 is 0 Å². The van der Waals surface area contributed by atoms with E-state index in [0.29, 0.717) is 38.3 Å². The first kappa shape index (κ1) is 18.1. The Morgan fingerprint density at radius 1 is 1.07 bits per heavy atom. The molecule has 144 valence electrons. The van der Waals surface area contributed by atoms with Crippen LogP contribution in [0.4, 0.5) is 8.78 Å². The molecule has 10 heteroatoms. The maximum atomic E-state index is 13.3. The van der Waals surface area contributed by atoms with E-state index in [-0.39, 0.29) is 16.4 Å². The number of rotatable bonds is 4. The van der Waals surface area contributed by atoms with E-state index < -0.39 is 16.3 Å². The zero-order valence-corrected chi connectivity index (χ0v) is 15.0. The number of halogens is 2. The molecule has 27 heavy (non-hydrogen) atoms. The fraction of sp³-hybridized carbons (Fsp3) is 0.353. The van der Waals surface area contributed by atoms with Crippen LogP contribution in [0, 0.1) is 0 Å². The molecule has 0 unspecified atom stereocenters. The molecular weight excluding hydrogens is 380 g/mol. The number of aromatic nitrogens is 1. The molecule has 0 spiro atoms. The molecule has 0 saturated carbocycles. The smallest absolute Gasteiger partial charge is 0.395 e. The Labute approximate surface area is 155 Å². The summed E-state index contributed by atoms with van der Waals surface area (Å²) < 4.78 is 62.3. The summed E-state index contributed by atoms with van der Waals surface area (Å²) in [7, 11) is -3.58. The summed E-state index contributed by atoms with van der Waals surface area (Å²) in [5.41, 5.74) is 0.577. The standard InChI is InChI=1S/C17H17F2N3O4S/c18-17(19)25-15-5-1-3-13(16(15)26-17)12-21-7-9-22(10-8-21)27(23,24)14-4-2-6-20-11-14/h1-6,11H,7-10,12H2. The fourth-order valence-corrected chi connectivity index (χ4v) is 4.55. The number of ether oxygens (including phenoxy) is 2. The minimum Gasteiger partial charge on any atom is -0.395 e. The van der Waals surface area contributed by atoms with Gasteiger partial charge in [0.05, 0.1) is 0 Å². The van der Waals surface area contributed by atoms with Crippen molar-refractivity contribution in [3.8, 4) is 11.5 Å². The van der Waals surface area contributed by atoms with Crippen molar-refractivity contribution in [1.82, 2.24) is 14.2 Å². The fourth-order valence-electron chi connectivity index (χ4n) is 3.17. The molecule has 0 bridgehead atoms. The van der Waals surface area contributed by atoms with Gasteiger partial charge in [-0.15, -0.1) is 8.78 Å². The maximum Gasteiger partial charge on any atom is 0.586 e. The van der Waals surface area contributed by atoms with Crippen molar-refractivity contribution in [2.75, 3.05) is 26.2 Å². The first-order valence-electron chi connectivity index (χ1n) is 8.35. The lowest BCUT2D eigenvalue weighted by Crippen LogP contribution is -2.48. The van der Waals surface area contributed by atoms with Crippen LogP contribution in [0.15, 0.2) is 47.6 Å². The molecule has 3 heterocycles. The largest absolute Gasteiger partial charge is 0.586 e. The van der Waals surface area contributed by atoms with Crippen molar-refractivity contribution in [1.29, 1.82) is 0 Å². The van der Waals surface area contributed by atoms with Gasteiger partial charge >= 0.3 is 6.29 Å². The third-order valence-corrected chi connectivity index (χ3v) is 6.39. The number of sulfonamides is 1. The van der Waals surface area contributed by atoms with Gasteiger partial charge in [0.15, 0.2) is 11.5 Å². The van der Waals surface area contributed by atoms with Crippen molar-refractivity contribution in [3.05, 3.63) is 48.3 Å². The summed E-state index contributed by atoms with van der Waals surface area (Å²) in [5, 5.41) is 0. The zero-order valence-electron chi connectivity index (χ0n) is 14.2. The lowest BCUT2D eigenvalue weighted by molar-refractivity contribution is -0.287. The number of para-hydroxylation sites is 1. The second-order valence-electron chi connectivity index (χ2n) is 6.28. The van der Waals surface area contributed by atoms with Crippen LogP contribution in [0.5, 0.6) is 11.5 Å². The molecule has 2 aliphatic rings. The van der Waals surface area contributed by atoms with E-state index in [1.807, 2.05) is 4.90 Å². The second kappa shape index (κ2) is 6.70. The highest BCUT2D eigenvalue weighted by Gasteiger charge is 2.44. The quantitative estimate of drug-likeness (QED) is 0.785. The van der Waals surface area contributed by atoms with Crippen LogP contribution < -0.4 is 9.47 Å². The molecule has 1 saturated heterocycles. The molecule has 0 radical (unpaired) electrons. The van der Waals surface area contributed by atoms with Crippen molar-refractivity contribution in [3.63, 3.8) is 0 Å². The lowest BCUT2D eigenvalue weighted by Gasteiger charge is -2.34. The van der Waals surface area contributed by atoms with Crippen LogP contribution in [-0.2, 0) is 16.6 Å². The van der Waals surface area contributed by atoms with Crippen molar-refractivity contribution < 1.29 is 26.7 Å². The zero-order chi connectivity index (χ0) is 19.1. The number of fused-ring (bicyclic) bond motifs is 1. The van der Waals surface area contributed by atoms with Gasteiger partial charge in [-0.2, -0.15) is 4.31 Å². The average Bonchev–Trinajstić information content (AvgIpc) is 2.98. The Morgan fingerprint density at radius 2 is 1.85 bits per heavy atom. The van der Waals surface area contributed by atoms with Gasteiger partial charge in [-0.05, 0) is 18.2 Å². The molecule has 7 nitrogen and oxygen atoms in total. The molecule has 2 aromatic rings. The number of benzene rings is 1. The van der Waals surface area contributed by atoms with E-state index in [2.05, 4.69) is 14.5 Å². The SMILES string of the molecule is O=S(=O)(c1cccnc1)N1CCN(Cc2cccc3c2OC(F)(F)O3)CC1. The normalized spacial score (nSPS) is 19.9. The number of nitrogens with zero attached hydrogens (tertiary/aromatic N) is 3. The number of alkyl halides is 2. The second-order valence-corrected chi connectivity index (χ2v) is 8.22. The molecule has 0 N–H and O–H groups in total. The van der Waals surface area contributed by atoms with Gasteiger partial charge < -0.3 is 9.47 Å². The minimum atomic E-state index is -3.66. The predicted molar refractivity (Wildman–Crippen MR) is 90.9 cm³/mol. The van der Waals surface area contributed by atoms with Crippen LogP contribution in [0.1, 0.15) is 5.56 Å². The average molecular weight is 397 g/mol. The molecule has 1 aromatic carbocycles. The van der Waals surface area contributed by atoms with E-state index in [9.17, 15) is 17.2 Å². The highest BCUT2D eigenvalue weighted by molar-refractivity contribution is 7.89. The Bertz CT molecular complexity index is 932. The van der Waals surface area contributed by atoms with Gasteiger partial charge in [0, 0.05) is 50.7 Å². The number of pyridine rings is 1. The van der Waals surface area contributed by atoms with Gasteiger partial charge in [-0.25, -0.2) is 8.42 Å². The van der Waals surface area contributed by atoms with E-state index in [0.717, 1.165) is 0 Å². The number of piperazine rings is 1. The summed E-state index contributed by atoms with van der Waals surface area (Å²) >= 11 is 0. The van der Waals surface area contributed by atoms with Crippen molar-refractivity contribution in [2.24, 2.45) is 0 Å². The van der Waals surface area contributed by atoms with Crippen LogP contribution in [0.25, 0.3) is 0 Å². The summed E-state index contributed by atoms with van der Waals surface area (Å²) in [6, 6.07) is 7.85. The van der Waals surface area contributed by atoms with Gasteiger partial charge in [0.2, 0.25) is 10.0 Å². The maximum absolute atomic E-state index is 13.3. The topological polar surface area (TPSA) is 72.0 Å². The predicted octanol–water partition coefficient (Wildman–Crippen LogP) is 1.91. The highest BCUT2D eigenvalue weighted by atomic mass is 32.2. The van der Waals surface area contributed by atoms with E-state index in [4.69, 9.17) is 0 Å². The Hall–Kier alpha value is -2.30. The Balaban J connectivity index is 1.42. The first-order chi connectivity index (χ1) is 12.9. The van der Waals surface area contributed by atoms with Crippen LogP contribution in [-0.4, -0.2) is 55.1 Å². The third kappa shape index (κ3) is 3.60. The minimum absolute atomic E-state index is 0.00953. The molecule has 1 aromatic heterocycles. The van der Waals surface area contributed by atoms with Crippen LogP contribution in [0.3, 0.4) is 0 Å². The lowest BCUT2D eigenvalue weighted by atomic mass is 10.1. The summed E-state index contributed by atoms with van der Waals surface area (Å²) in [4.78, 5) is 6.01. The van der Waals surface area contributed by atoms with Crippen molar-refractivity contribution >= 4 is 10.0 Å². The van der Waals surface area contributed by atoms with Crippen LogP contribution in [0.2, 0.25) is 0 Å². The molecule has 1 fully saturated rings. The molecule has 2 aliphatic heterocycles. The Morgan fingerprint density at radius 3 is 2.56 bits per heavy atom. The molecular formula is C17H17F2N3O4S. The van der Waals surface area contributed by atoms with Gasteiger partial charge in [0.25, 0.3) is 0 Å². The van der Waals surface area contributed by atoms with Gasteiger partial charge in [-0.3, -0.25) is 9.88 Å². The highest BCUT2D eigenvalue weighted by Crippen LogP contribution is 2.43. The van der Waals surface area contributed by atoms with E-state index in [1.54, 1.807) is 18.2 Å². The summed E-state index contributed by atoms with van der Waals surface area (Å²) in [6.45, 7) is 1.92.